The minimum Gasteiger partial charge on any atom is -0.507 e. The predicted molar refractivity (Wildman–Crippen MR) is 140 cm³/mol. The van der Waals surface area contributed by atoms with E-state index in [0.29, 0.717) is 42.0 Å². The summed E-state index contributed by atoms with van der Waals surface area (Å²) in [4.78, 5) is 57.5. The number of likely N-dealkylation sites (tertiary alicyclic amines) is 1. The molecule has 2 saturated heterocycles. The van der Waals surface area contributed by atoms with Gasteiger partial charge in [-0.2, -0.15) is 0 Å². The molecule has 0 bridgehead atoms. The molecule has 0 aliphatic carbocycles. The minimum absolute atomic E-state index is 0.0844. The van der Waals surface area contributed by atoms with Crippen LogP contribution in [0.3, 0.4) is 0 Å². The van der Waals surface area contributed by atoms with E-state index in [0.717, 1.165) is 19.6 Å². The van der Waals surface area contributed by atoms with E-state index in [1.165, 1.54) is 19.1 Å². The number of benzene rings is 1. The third-order valence-corrected chi connectivity index (χ3v) is 7.23. The molecule has 1 amide bonds. The number of nitrogens with zero attached hydrogens (tertiary/aromatic N) is 2. The van der Waals surface area contributed by atoms with Crippen molar-refractivity contribution in [2.75, 3.05) is 53.6 Å². The van der Waals surface area contributed by atoms with Crippen LogP contribution >= 0.6 is 0 Å². The number of aliphatic hydroxyl groups excluding tert-OH is 1. The SMILES string of the molecule is COC(=O)c1ccc([C@@H]2/C(=C(\O)c3c(C)[nH]c(C(=O)OC)c3C)C(=O)C(=O)N2CCCN2CCOCC2)cc1. The maximum Gasteiger partial charge on any atom is 0.354 e. The molecule has 11 heteroatoms. The minimum atomic E-state index is -0.892. The number of carbonyl (C=O) groups excluding carboxylic acids is 4. The largest absolute Gasteiger partial charge is 0.507 e. The Morgan fingerprint density at radius 1 is 1.03 bits per heavy atom. The van der Waals surface area contributed by atoms with Crippen LogP contribution in [0.4, 0.5) is 0 Å². The lowest BCUT2D eigenvalue weighted by Gasteiger charge is -2.29. The van der Waals surface area contributed by atoms with Crippen molar-refractivity contribution in [1.29, 1.82) is 0 Å². The first kappa shape index (κ1) is 28.1. The number of aromatic nitrogens is 1. The molecule has 1 atom stereocenters. The van der Waals surface area contributed by atoms with Gasteiger partial charge in [-0.15, -0.1) is 0 Å². The monoisotopic (exact) mass is 539 g/mol. The number of rotatable bonds is 8. The van der Waals surface area contributed by atoms with Crippen LogP contribution in [0.5, 0.6) is 0 Å². The van der Waals surface area contributed by atoms with Gasteiger partial charge >= 0.3 is 11.9 Å². The Morgan fingerprint density at radius 3 is 2.28 bits per heavy atom. The molecule has 2 aliphatic rings. The highest BCUT2D eigenvalue weighted by Gasteiger charge is 2.46. The number of aryl methyl sites for hydroxylation is 1. The van der Waals surface area contributed by atoms with Crippen molar-refractivity contribution in [3.8, 4) is 0 Å². The maximum atomic E-state index is 13.4. The van der Waals surface area contributed by atoms with E-state index in [-0.39, 0.29) is 29.1 Å². The fraction of sp³-hybridized carbons (Fsp3) is 0.429. The summed E-state index contributed by atoms with van der Waals surface area (Å²) in [5, 5.41) is 11.5. The van der Waals surface area contributed by atoms with Gasteiger partial charge in [0, 0.05) is 37.4 Å². The molecule has 2 N–H and O–H groups in total. The van der Waals surface area contributed by atoms with E-state index in [1.807, 2.05) is 0 Å². The molecule has 3 heterocycles. The summed E-state index contributed by atoms with van der Waals surface area (Å²) in [6.07, 6.45) is 0.610. The Labute approximate surface area is 226 Å². The molecule has 4 rings (SSSR count). The van der Waals surface area contributed by atoms with Gasteiger partial charge in [0.2, 0.25) is 0 Å². The highest BCUT2D eigenvalue weighted by Crippen LogP contribution is 2.41. The number of methoxy groups -OCH3 is 2. The van der Waals surface area contributed by atoms with Gasteiger partial charge in [0.1, 0.15) is 11.5 Å². The molecule has 0 saturated carbocycles. The first-order chi connectivity index (χ1) is 18.7. The number of H-pyrrole nitrogens is 1. The summed E-state index contributed by atoms with van der Waals surface area (Å²) in [6, 6.07) is 5.49. The zero-order valence-corrected chi connectivity index (χ0v) is 22.5. The number of Topliss-reactive ketones (excluding diaryl/α,β-unsaturated/α-hetero) is 1. The average molecular weight is 540 g/mol. The van der Waals surface area contributed by atoms with E-state index in [1.54, 1.807) is 38.1 Å². The number of nitrogens with one attached hydrogen (secondary N) is 1. The van der Waals surface area contributed by atoms with Crippen LogP contribution in [0.2, 0.25) is 0 Å². The molecule has 0 spiro atoms. The van der Waals surface area contributed by atoms with Crippen LogP contribution in [0.1, 0.15) is 55.7 Å². The number of carbonyl (C=O) groups is 4. The first-order valence-electron chi connectivity index (χ1n) is 12.7. The lowest BCUT2D eigenvalue weighted by Crippen LogP contribution is -2.39. The van der Waals surface area contributed by atoms with Crippen molar-refractivity contribution in [1.82, 2.24) is 14.8 Å². The molecular formula is C28H33N3O8. The maximum absolute atomic E-state index is 13.4. The van der Waals surface area contributed by atoms with Crippen molar-refractivity contribution in [3.63, 3.8) is 0 Å². The predicted octanol–water partition coefficient (Wildman–Crippen LogP) is 2.35. The van der Waals surface area contributed by atoms with Crippen LogP contribution in [-0.4, -0.2) is 97.1 Å². The van der Waals surface area contributed by atoms with Gasteiger partial charge in [0.05, 0.1) is 44.6 Å². The molecule has 1 aromatic carbocycles. The topological polar surface area (TPSA) is 138 Å². The molecule has 39 heavy (non-hydrogen) atoms. The van der Waals surface area contributed by atoms with Gasteiger partial charge in [0.25, 0.3) is 11.7 Å². The van der Waals surface area contributed by atoms with E-state index in [4.69, 9.17) is 14.2 Å². The van der Waals surface area contributed by atoms with Gasteiger partial charge in [-0.3, -0.25) is 14.5 Å². The fourth-order valence-corrected chi connectivity index (χ4v) is 5.21. The molecule has 2 aliphatic heterocycles. The van der Waals surface area contributed by atoms with E-state index >= 15 is 0 Å². The summed E-state index contributed by atoms with van der Waals surface area (Å²) in [7, 11) is 2.53. The van der Waals surface area contributed by atoms with Crippen molar-refractivity contribution >= 4 is 29.4 Å². The second-order valence-electron chi connectivity index (χ2n) is 9.53. The van der Waals surface area contributed by atoms with Crippen molar-refractivity contribution in [2.45, 2.75) is 26.3 Å². The Hall–Kier alpha value is -3.96. The average Bonchev–Trinajstić information content (AvgIpc) is 3.39. The van der Waals surface area contributed by atoms with Gasteiger partial charge < -0.3 is 29.2 Å². The molecule has 0 radical (unpaired) electrons. The lowest BCUT2D eigenvalue weighted by atomic mass is 9.93. The van der Waals surface area contributed by atoms with Crippen LogP contribution in [0, 0.1) is 13.8 Å². The smallest absolute Gasteiger partial charge is 0.354 e. The Balaban J connectivity index is 1.76. The number of aromatic amines is 1. The van der Waals surface area contributed by atoms with Gasteiger partial charge in [-0.25, -0.2) is 9.59 Å². The zero-order valence-electron chi connectivity index (χ0n) is 22.5. The summed E-state index contributed by atoms with van der Waals surface area (Å²) >= 11 is 0. The lowest BCUT2D eigenvalue weighted by molar-refractivity contribution is -0.140. The van der Waals surface area contributed by atoms with Crippen molar-refractivity contribution < 1.29 is 38.5 Å². The second-order valence-corrected chi connectivity index (χ2v) is 9.53. The number of aliphatic hydroxyl groups is 1. The van der Waals surface area contributed by atoms with Crippen molar-refractivity contribution in [2.24, 2.45) is 0 Å². The number of morpholine rings is 1. The molecule has 2 fully saturated rings. The zero-order chi connectivity index (χ0) is 28.3. The Morgan fingerprint density at radius 2 is 1.67 bits per heavy atom. The highest BCUT2D eigenvalue weighted by molar-refractivity contribution is 6.46. The second kappa shape index (κ2) is 11.8. The number of amides is 1. The van der Waals surface area contributed by atoms with Crippen LogP contribution in [0.25, 0.3) is 5.76 Å². The van der Waals surface area contributed by atoms with Gasteiger partial charge in [-0.1, -0.05) is 12.1 Å². The summed E-state index contributed by atoms with van der Waals surface area (Å²) < 4.78 is 15.0. The fourth-order valence-electron chi connectivity index (χ4n) is 5.21. The third-order valence-electron chi connectivity index (χ3n) is 7.23. The van der Waals surface area contributed by atoms with Crippen molar-refractivity contribution in [3.05, 3.63) is 63.5 Å². The summed E-state index contributed by atoms with van der Waals surface area (Å²) in [5.41, 5.74) is 2.03. The standard InChI is InChI=1S/C28H33N3O8/c1-16-20(17(2)29-22(16)28(36)38-4)24(32)21-23(18-6-8-19(9-7-18)27(35)37-3)31(26(34)25(21)33)11-5-10-30-12-14-39-15-13-30/h6-9,23,29,32H,5,10-15H2,1-4H3/b24-21+/t23-/m1/s1. The van der Waals surface area contributed by atoms with Crippen LogP contribution in [0.15, 0.2) is 29.8 Å². The van der Waals surface area contributed by atoms with E-state index in [2.05, 4.69) is 9.88 Å². The quantitative estimate of drug-likeness (QED) is 0.224. The Bertz CT molecular complexity index is 1300. The number of hydrogen-bond donors (Lipinski definition) is 2. The summed E-state index contributed by atoms with van der Waals surface area (Å²) in [6.45, 7) is 7.19. The summed E-state index contributed by atoms with van der Waals surface area (Å²) in [5.74, 6) is -3.06. The van der Waals surface area contributed by atoms with E-state index in [9.17, 15) is 24.3 Å². The number of ether oxygens (including phenoxy) is 3. The normalized spacial score (nSPS) is 19.4. The number of hydrogen-bond acceptors (Lipinski definition) is 9. The Kier molecular flexibility index (Phi) is 8.51. The molecular weight excluding hydrogens is 506 g/mol. The molecule has 1 aromatic heterocycles. The van der Waals surface area contributed by atoms with Gasteiger partial charge in [-0.05, 0) is 43.5 Å². The third kappa shape index (κ3) is 5.45. The number of esters is 2. The first-order valence-corrected chi connectivity index (χ1v) is 12.7. The molecule has 208 valence electrons. The van der Waals surface area contributed by atoms with E-state index < -0.39 is 29.7 Å². The van der Waals surface area contributed by atoms with Crippen LogP contribution in [-0.2, 0) is 23.8 Å². The van der Waals surface area contributed by atoms with Crippen LogP contribution < -0.4 is 0 Å². The highest BCUT2D eigenvalue weighted by atomic mass is 16.5. The molecule has 2 aromatic rings. The molecule has 0 unspecified atom stereocenters. The van der Waals surface area contributed by atoms with Gasteiger partial charge in [0.15, 0.2) is 0 Å². The number of ketones is 1. The molecule has 11 nitrogen and oxygen atoms in total.